The molecule has 29 heavy (non-hydrogen) atoms. The van der Waals surface area contributed by atoms with E-state index in [0.717, 1.165) is 33.2 Å². The van der Waals surface area contributed by atoms with Crippen molar-refractivity contribution in [2.24, 2.45) is 0 Å². The number of imidazole rings is 1. The monoisotopic (exact) mass is 423 g/mol. The third kappa shape index (κ3) is 5.31. The Kier molecular flexibility index (Phi) is 6.03. The minimum absolute atomic E-state index is 0.0923. The molecule has 0 radical (unpaired) electrons. The number of carbonyl (C=O) groups excluding carboxylic acids is 1. The Labute approximate surface area is 177 Å². The highest BCUT2D eigenvalue weighted by atomic mass is 35.5. The molecule has 3 aromatic carbocycles. The zero-order valence-corrected chi connectivity index (χ0v) is 17.0. The SMILES string of the molecule is O=C(CSc1nc2ccccc2[nH]1)Nc1ccc(OCc2ccc(Cl)cc2)cc1. The molecule has 0 unspecified atom stereocenters. The molecular formula is C22H18ClN3O2S. The number of para-hydroxylation sites is 2. The molecule has 4 aromatic rings. The molecule has 0 aliphatic rings. The summed E-state index contributed by atoms with van der Waals surface area (Å²) in [6.07, 6.45) is 0. The van der Waals surface area contributed by atoms with Gasteiger partial charge in [-0.2, -0.15) is 0 Å². The molecule has 0 saturated carbocycles. The molecule has 0 atom stereocenters. The average molecular weight is 424 g/mol. The summed E-state index contributed by atoms with van der Waals surface area (Å²) in [6, 6.07) is 22.6. The van der Waals surface area contributed by atoms with Gasteiger partial charge >= 0.3 is 0 Å². The van der Waals surface area contributed by atoms with Crippen LogP contribution in [0.4, 0.5) is 5.69 Å². The van der Waals surface area contributed by atoms with Crippen molar-refractivity contribution >= 4 is 46.0 Å². The van der Waals surface area contributed by atoms with Crippen molar-refractivity contribution in [1.29, 1.82) is 0 Å². The highest BCUT2D eigenvalue weighted by Crippen LogP contribution is 2.21. The predicted octanol–water partition coefficient (Wildman–Crippen LogP) is 5.53. The Hall–Kier alpha value is -2.96. The number of H-pyrrole nitrogens is 1. The fraction of sp³-hybridized carbons (Fsp3) is 0.0909. The number of carbonyl (C=O) groups is 1. The Bertz CT molecular complexity index is 1080. The van der Waals surface area contributed by atoms with E-state index in [1.807, 2.05) is 72.8 Å². The molecule has 1 aromatic heterocycles. The van der Waals surface area contributed by atoms with Gasteiger partial charge in [-0.15, -0.1) is 0 Å². The third-order valence-corrected chi connectivity index (χ3v) is 5.29. The quantitative estimate of drug-likeness (QED) is 0.384. The number of nitrogens with zero attached hydrogens (tertiary/aromatic N) is 1. The molecule has 146 valence electrons. The fourth-order valence-corrected chi connectivity index (χ4v) is 3.52. The van der Waals surface area contributed by atoms with Gasteiger partial charge in [0.1, 0.15) is 12.4 Å². The van der Waals surface area contributed by atoms with Crippen molar-refractivity contribution in [1.82, 2.24) is 9.97 Å². The summed E-state index contributed by atoms with van der Waals surface area (Å²) in [5.74, 6) is 0.911. The Morgan fingerprint density at radius 2 is 1.79 bits per heavy atom. The van der Waals surface area contributed by atoms with Crippen molar-refractivity contribution in [3.8, 4) is 5.75 Å². The highest BCUT2D eigenvalue weighted by Gasteiger charge is 2.07. The lowest BCUT2D eigenvalue weighted by molar-refractivity contribution is -0.113. The maximum absolute atomic E-state index is 12.2. The van der Waals surface area contributed by atoms with Gasteiger partial charge in [0.2, 0.25) is 5.91 Å². The topological polar surface area (TPSA) is 67.0 Å². The second-order valence-electron chi connectivity index (χ2n) is 6.34. The number of hydrogen-bond donors (Lipinski definition) is 2. The van der Waals surface area contributed by atoms with Crippen molar-refractivity contribution in [3.63, 3.8) is 0 Å². The van der Waals surface area contributed by atoms with Gasteiger partial charge < -0.3 is 15.0 Å². The van der Waals surface area contributed by atoms with E-state index in [0.29, 0.717) is 11.6 Å². The molecule has 7 heteroatoms. The van der Waals surface area contributed by atoms with Crippen LogP contribution in [0.5, 0.6) is 5.75 Å². The summed E-state index contributed by atoms with van der Waals surface area (Å²) in [6.45, 7) is 0.455. The molecule has 0 fully saturated rings. The summed E-state index contributed by atoms with van der Waals surface area (Å²) in [7, 11) is 0. The van der Waals surface area contributed by atoms with E-state index in [2.05, 4.69) is 15.3 Å². The number of rotatable bonds is 7. The van der Waals surface area contributed by atoms with E-state index in [-0.39, 0.29) is 11.7 Å². The molecule has 2 N–H and O–H groups in total. The summed E-state index contributed by atoms with van der Waals surface area (Å²) < 4.78 is 5.75. The van der Waals surface area contributed by atoms with Crippen LogP contribution in [-0.4, -0.2) is 21.6 Å². The number of thioether (sulfide) groups is 1. The predicted molar refractivity (Wildman–Crippen MR) is 118 cm³/mol. The lowest BCUT2D eigenvalue weighted by atomic mass is 10.2. The van der Waals surface area contributed by atoms with Gasteiger partial charge in [-0.25, -0.2) is 4.98 Å². The number of anilines is 1. The average Bonchev–Trinajstić information content (AvgIpc) is 3.16. The molecular weight excluding hydrogens is 406 g/mol. The fourth-order valence-electron chi connectivity index (χ4n) is 2.71. The molecule has 1 heterocycles. The molecule has 0 bridgehead atoms. The molecule has 0 saturated heterocycles. The van der Waals surface area contributed by atoms with Crippen LogP contribution < -0.4 is 10.1 Å². The zero-order chi connectivity index (χ0) is 20.1. The van der Waals surface area contributed by atoms with Crippen molar-refractivity contribution in [2.45, 2.75) is 11.8 Å². The number of benzene rings is 3. The van der Waals surface area contributed by atoms with Crippen LogP contribution in [0.3, 0.4) is 0 Å². The van der Waals surface area contributed by atoms with Gasteiger partial charge in [0.05, 0.1) is 16.8 Å². The van der Waals surface area contributed by atoms with Crippen LogP contribution in [0.2, 0.25) is 5.02 Å². The van der Waals surface area contributed by atoms with Crippen molar-refractivity contribution < 1.29 is 9.53 Å². The number of aromatic amines is 1. The summed E-state index contributed by atoms with van der Waals surface area (Å²) >= 11 is 7.25. The van der Waals surface area contributed by atoms with E-state index < -0.39 is 0 Å². The maximum atomic E-state index is 12.2. The van der Waals surface area contributed by atoms with Crippen LogP contribution in [0.25, 0.3) is 11.0 Å². The van der Waals surface area contributed by atoms with Gasteiger partial charge in [0.25, 0.3) is 0 Å². The first kappa shape index (κ1) is 19.4. The normalized spacial score (nSPS) is 10.8. The largest absolute Gasteiger partial charge is 0.489 e. The van der Waals surface area contributed by atoms with E-state index in [4.69, 9.17) is 16.3 Å². The van der Waals surface area contributed by atoms with Crippen LogP contribution in [-0.2, 0) is 11.4 Å². The van der Waals surface area contributed by atoms with Crippen LogP contribution in [0.1, 0.15) is 5.56 Å². The zero-order valence-electron chi connectivity index (χ0n) is 15.4. The lowest BCUT2D eigenvalue weighted by Crippen LogP contribution is -2.14. The number of amides is 1. The summed E-state index contributed by atoms with van der Waals surface area (Å²) in [4.78, 5) is 19.9. The first-order valence-corrected chi connectivity index (χ1v) is 10.4. The van der Waals surface area contributed by atoms with Gasteiger partial charge in [0, 0.05) is 10.7 Å². The Morgan fingerprint density at radius 3 is 2.55 bits per heavy atom. The summed E-state index contributed by atoms with van der Waals surface area (Å²) in [5, 5.41) is 4.31. The van der Waals surface area contributed by atoms with Gasteiger partial charge in [-0.05, 0) is 54.1 Å². The maximum Gasteiger partial charge on any atom is 0.234 e. The minimum Gasteiger partial charge on any atom is -0.489 e. The number of ether oxygens (including phenoxy) is 1. The van der Waals surface area contributed by atoms with E-state index in [9.17, 15) is 4.79 Å². The number of fused-ring (bicyclic) bond motifs is 1. The van der Waals surface area contributed by atoms with Crippen LogP contribution >= 0.6 is 23.4 Å². The third-order valence-electron chi connectivity index (χ3n) is 4.16. The second kappa shape index (κ2) is 9.03. The Balaban J connectivity index is 1.26. The molecule has 0 aliphatic heterocycles. The van der Waals surface area contributed by atoms with Crippen molar-refractivity contribution in [2.75, 3.05) is 11.1 Å². The number of hydrogen-bond acceptors (Lipinski definition) is 4. The smallest absolute Gasteiger partial charge is 0.234 e. The van der Waals surface area contributed by atoms with Crippen LogP contribution in [0, 0.1) is 0 Å². The number of halogens is 1. The van der Waals surface area contributed by atoms with E-state index >= 15 is 0 Å². The first-order chi connectivity index (χ1) is 14.2. The highest BCUT2D eigenvalue weighted by molar-refractivity contribution is 7.99. The molecule has 0 spiro atoms. The van der Waals surface area contributed by atoms with Gasteiger partial charge in [-0.1, -0.05) is 47.6 Å². The van der Waals surface area contributed by atoms with E-state index in [1.165, 1.54) is 11.8 Å². The molecule has 4 rings (SSSR count). The van der Waals surface area contributed by atoms with Gasteiger partial charge in [0.15, 0.2) is 5.16 Å². The second-order valence-corrected chi connectivity index (χ2v) is 7.74. The van der Waals surface area contributed by atoms with E-state index in [1.54, 1.807) is 0 Å². The van der Waals surface area contributed by atoms with Crippen molar-refractivity contribution in [3.05, 3.63) is 83.4 Å². The standard InChI is InChI=1S/C22H18ClN3O2S/c23-16-7-5-15(6-8-16)13-28-18-11-9-17(10-12-18)24-21(27)14-29-22-25-19-3-1-2-4-20(19)26-22/h1-12H,13-14H2,(H,24,27)(H,25,26). The number of aromatic nitrogens is 2. The minimum atomic E-state index is -0.0923. The van der Waals surface area contributed by atoms with Gasteiger partial charge in [-0.3, -0.25) is 4.79 Å². The first-order valence-electron chi connectivity index (χ1n) is 9.00. The molecule has 0 aliphatic carbocycles. The molecule has 5 nitrogen and oxygen atoms in total. The summed E-state index contributed by atoms with van der Waals surface area (Å²) in [5.41, 5.74) is 3.61. The van der Waals surface area contributed by atoms with Crippen LogP contribution in [0.15, 0.2) is 78.0 Å². The Morgan fingerprint density at radius 1 is 1.03 bits per heavy atom. The number of nitrogens with one attached hydrogen (secondary N) is 2. The lowest BCUT2D eigenvalue weighted by Gasteiger charge is -2.08. The molecule has 1 amide bonds.